The summed E-state index contributed by atoms with van der Waals surface area (Å²) in [6.07, 6.45) is 5.00. The first-order chi connectivity index (χ1) is 9.60. The van der Waals surface area contributed by atoms with Gasteiger partial charge in [0.2, 0.25) is 0 Å². The molecule has 0 spiro atoms. The fraction of sp³-hybridized carbons (Fsp3) is 0.562. The highest BCUT2D eigenvalue weighted by molar-refractivity contribution is 5.97. The van der Waals surface area contributed by atoms with Crippen LogP contribution in [0, 0.1) is 0 Å². The molecule has 0 fully saturated rings. The molecule has 4 heteroatoms. The molecule has 0 aromatic heterocycles. The van der Waals surface area contributed by atoms with Gasteiger partial charge in [0, 0.05) is 6.07 Å². The lowest BCUT2D eigenvalue weighted by Crippen LogP contribution is -2.03. The van der Waals surface area contributed by atoms with E-state index < -0.39 is 0 Å². The number of nitrogens with two attached hydrogens (primary N) is 1. The third kappa shape index (κ3) is 4.85. The minimum absolute atomic E-state index is 0.00664. The van der Waals surface area contributed by atoms with Crippen molar-refractivity contribution in [2.24, 2.45) is 5.73 Å². The highest BCUT2D eigenvalue weighted by atomic mass is 16.5. The van der Waals surface area contributed by atoms with Gasteiger partial charge in [0.25, 0.3) is 0 Å². The second kappa shape index (κ2) is 8.59. The summed E-state index contributed by atoms with van der Waals surface area (Å²) >= 11 is 0. The molecule has 0 aliphatic heterocycles. The van der Waals surface area contributed by atoms with E-state index in [2.05, 4.69) is 0 Å². The summed E-state index contributed by atoms with van der Waals surface area (Å²) in [6.45, 7) is 4.81. The molecule has 0 saturated heterocycles. The summed E-state index contributed by atoms with van der Waals surface area (Å²) in [5, 5.41) is 9.84. The molecule has 0 amide bonds. The van der Waals surface area contributed by atoms with Crippen molar-refractivity contribution in [2.45, 2.75) is 46.0 Å². The molecule has 0 aliphatic rings. The molecule has 0 unspecified atom stereocenters. The van der Waals surface area contributed by atoms with Gasteiger partial charge in [-0.2, -0.15) is 0 Å². The number of phenols is 1. The summed E-state index contributed by atoms with van der Waals surface area (Å²) in [4.78, 5) is 11.4. The molecule has 0 saturated carbocycles. The summed E-state index contributed by atoms with van der Waals surface area (Å²) in [7, 11) is 0. The predicted molar refractivity (Wildman–Crippen MR) is 80.5 cm³/mol. The molecule has 0 heterocycles. The molecule has 112 valence electrons. The van der Waals surface area contributed by atoms with E-state index >= 15 is 0 Å². The number of unbranched alkanes of at least 4 members (excludes halogenated alkanes) is 3. The van der Waals surface area contributed by atoms with Crippen LogP contribution in [0.5, 0.6) is 11.5 Å². The number of rotatable bonds is 9. The van der Waals surface area contributed by atoms with Crippen LogP contribution >= 0.6 is 0 Å². The number of benzene rings is 1. The Morgan fingerprint density at radius 2 is 1.95 bits per heavy atom. The molecule has 4 nitrogen and oxygen atoms in total. The summed E-state index contributed by atoms with van der Waals surface area (Å²) in [5.41, 5.74) is 6.75. The molecule has 1 aromatic rings. The Labute approximate surface area is 120 Å². The summed E-state index contributed by atoms with van der Waals surface area (Å²) in [6, 6.07) is 3.27. The molecular weight excluding hydrogens is 254 g/mol. The molecule has 0 radical (unpaired) electrons. The van der Waals surface area contributed by atoms with Gasteiger partial charge in [-0.3, -0.25) is 4.79 Å². The Bertz CT molecular complexity index is 444. The average molecular weight is 279 g/mol. The normalized spacial score (nSPS) is 10.6. The van der Waals surface area contributed by atoms with Crippen LogP contribution in [0.4, 0.5) is 0 Å². The first-order valence-electron chi connectivity index (χ1n) is 7.29. The molecule has 20 heavy (non-hydrogen) atoms. The van der Waals surface area contributed by atoms with Gasteiger partial charge in [-0.15, -0.1) is 0 Å². The van der Waals surface area contributed by atoms with Crippen LogP contribution in [0.25, 0.3) is 0 Å². The highest BCUT2D eigenvalue weighted by Crippen LogP contribution is 2.29. The number of hydrogen-bond acceptors (Lipinski definition) is 4. The van der Waals surface area contributed by atoms with Gasteiger partial charge in [-0.25, -0.2) is 0 Å². The fourth-order valence-electron chi connectivity index (χ4n) is 2.09. The zero-order valence-corrected chi connectivity index (χ0v) is 12.4. The number of ketones is 1. The van der Waals surface area contributed by atoms with Gasteiger partial charge in [0.15, 0.2) is 5.78 Å². The van der Waals surface area contributed by atoms with Gasteiger partial charge in [0.05, 0.1) is 12.2 Å². The van der Waals surface area contributed by atoms with Gasteiger partial charge in [-0.1, -0.05) is 19.8 Å². The SMILES string of the molecule is CCc1cc(C(C)=O)c(O)cc1OCCCCCCN. The Kier molecular flexibility index (Phi) is 7.09. The van der Waals surface area contributed by atoms with Crippen LogP contribution in [-0.2, 0) is 6.42 Å². The number of phenolic OH excluding ortho intramolecular Hbond substituents is 1. The summed E-state index contributed by atoms with van der Waals surface area (Å²) < 4.78 is 5.72. The fourth-order valence-corrected chi connectivity index (χ4v) is 2.09. The number of Topliss-reactive ketones (excluding diaryl/α,β-unsaturated/α-hetero) is 1. The van der Waals surface area contributed by atoms with Crippen molar-refractivity contribution in [3.63, 3.8) is 0 Å². The lowest BCUT2D eigenvalue weighted by molar-refractivity contribution is 0.101. The van der Waals surface area contributed by atoms with Crippen molar-refractivity contribution in [1.82, 2.24) is 0 Å². The van der Waals surface area contributed by atoms with Gasteiger partial charge >= 0.3 is 0 Å². The van der Waals surface area contributed by atoms with Gasteiger partial charge in [-0.05, 0) is 44.4 Å². The first-order valence-corrected chi connectivity index (χ1v) is 7.29. The number of aryl methyl sites for hydroxylation is 1. The van der Waals surface area contributed by atoms with E-state index in [0.29, 0.717) is 17.9 Å². The maximum absolute atomic E-state index is 11.4. The quantitative estimate of drug-likeness (QED) is 0.538. The molecular formula is C16H25NO3. The van der Waals surface area contributed by atoms with Crippen molar-refractivity contribution in [2.75, 3.05) is 13.2 Å². The van der Waals surface area contributed by atoms with Crippen LogP contribution in [0.2, 0.25) is 0 Å². The van der Waals surface area contributed by atoms with Crippen LogP contribution in [0.3, 0.4) is 0 Å². The van der Waals surface area contributed by atoms with E-state index in [9.17, 15) is 9.90 Å². The number of carbonyl (C=O) groups is 1. The average Bonchev–Trinajstić information content (AvgIpc) is 2.42. The maximum atomic E-state index is 11.4. The largest absolute Gasteiger partial charge is 0.507 e. The van der Waals surface area contributed by atoms with Crippen molar-refractivity contribution >= 4 is 5.78 Å². The van der Waals surface area contributed by atoms with Crippen molar-refractivity contribution in [1.29, 1.82) is 0 Å². The second-order valence-electron chi connectivity index (χ2n) is 4.94. The number of ether oxygens (including phenoxy) is 1. The highest BCUT2D eigenvalue weighted by Gasteiger charge is 2.12. The molecule has 0 aliphatic carbocycles. The molecule has 0 atom stereocenters. The predicted octanol–water partition coefficient (Wildman–Crippen LogP) is 3.06. The van der Waals surface area contributed by atoms with Crippen LogP contribution in [0.1, 0.15) is 55.5 Å². The Balaban J connectivity index is 2.61. The molecule has 3 N–H and O–H groups in total. The Morgan fingerprint density at radius 3 is 2.55 bits per heavy atom. The molecule has 1 aromatic carbocycles. The zero-order valence-electron chi connectivity index (χ0n) is 12.4. The number of hydrogen-bond donors (Lipinski definition) is 2. The molecule has 0 bridgehead atoms. The Morgan fingerprint density at radius 1 is 1.25 bits per heavy atom. The number of carbonyl (C=O) groups excluding carboxylic acids is 1. The van der Waals surface area contributed by atoms with E-state index in [1.165, 1.54) is 6.92 Å². The third-order valence-corrected chi connectivity index (χ3v) is 3.30. The molecule has 1 rings (SSSR count). The Hall–Kier alpha value is -1.55. The maximum Gasteiger partial charge on any atom is 0.163 e. The van der Waals surface area contributed by atoms with Gasteiger partial charge < -0.3 is 15.6 Å². The van der Waals surface area contributed by atoms with E-state index in [1.807, 2.05) is 6.92 Å². The lowest BCUT2D eigenvalue weighted by atomic mass is 10.0. The first kappa shape index (κ1) is 16.5. The van der Waals surface area contributed by atoms with Crippen molar-refractivity contribution in [3.8, 4) is 11.5 Å². The van der Waals surface area contributed by atoms with E-state index in [1.54, 1.807) is 12.1 Å². The minimum Gasteiger partial charge on any atom is -0.507 e. The number of aromatic hydroxyl groups is 1. The van der Waals surface area contributed by atoms with Crippen LogP contribution < -0.4 is 10.5 Å². The summed E-state index contributed by atoms with van der Waals surface area (Å²) in [5.74, 6) is 0.534. The van der Waals surface area contributed by atoms with E-state index in [-0.39, 0.29) is 11.5 Å². The third-order valence-electron chi connectivity index (χ3n) is 3.30. The second-order valence-corrected chi connectivity index (χ2v) is 4.94. The zero-order chi connectivity index (χ0) is 15.0. The van der Waals surface area contributed by atoms with E-state index in [4.69, 9.17) is 10.5 Å². The van der Waals surface area contributed by atoms with Crippen molar-refractivity contribution in [3.05, 3.63) is 23.3 Å². The van der Waals surface area contributed by atoms with Gasteiger partial charge in [0.1, 0.15) is 11.5 Å². The standard InChI is InChI=1S/C16H25NO3/c1-3-13-10-14(12(2)18)15(19)11-16(13)20-9-7-5-4-6-8-17/h10-11,19H,3-9,17H2,1-2H3. The monoisotopic (exact) mass is 279 g/mol. The van der Waals surface area contributed by atoms with Crippen LogP contribution in [0.15, 0.2) is 12.1 Å². The van der Waals surface area contributed by atoms with Crippen LogP contribution in [-0.4, -0.2) is 24.0 Å². The smallest absolute Gasteiger partial charge is 0.163 e. The minimum atomic E-state index is -0.134. The lowest BCUT2D eigenvalue weighted by Gasteiger charge is -2.13. The van der Waals surface area contributed by atoms with Crippen molar-refractivity contribution < 1.29 is 14.6 Å². The van der Waals surface area contributed by atoms with E-state index in [0.717, 1.165) is 44.2 Å². The topological polar surface area (TPSA) is 72.5 Å².